The SMILES string of the molecule is CC(N)CC(=O)NC1CCCC1C(=O)O. The number of carbonyl (C=O) groups is 2. The first-order valence-electron chi connectivity index (χ1n) is 5.28. The molecule has 1 fully saturated rings. The summed E-state index contributed by atoms with van der Waals surface area (Å²) in [5.74, 6) is -1.40. The van der Waals surface area contributed by atoms with Gasteiger partial charge in [0.2, 0.25) is 5.91 Å². The Morgan fingerprint density at radius 3 is 2.73 bits per heavy atom. The van der Waals surface area contributed by atoms with Crippen molar-refractivity contribution in [2.45, 2.75) is 44.7 Å². The fourth-order valence-electron chi connectivity index (χ4n) is 1.99. The number of hydrogen-bond donors (Lipinski definition) is 3. The van der Waals surface area contributed by atoms with E-state index in [1.807, 2.05) is 0 Å². The molecule has 5 heteroatoms. The first kappa shape index (κ1) is 12.0. The van der Waals surface area contributed by atoms with E-state index >= 15 is 0 Å². The largest absolute Gasteiger partial charge is 0.481 e. The molecule has 0 aromatic carbocycles. The molecule has 5 nitrogen and oxygen atoms in total. The molecule has 1 aliphatic rings. The third kappa shape index (κ3) is 3.51. The van der Waals surface area contributed by atoms with Crippen molar-refractivity contribution < 1.29 is 14.7 Å². The maximum absolute atomic E-state index is 11.4. The molecule has 1 amide bonds. The van der Waals surface area contributed by atoms with Crippen LogP contribution in [0.3, 0.4) is 0 Å². The van der Waals surface area contributed by atoms with Crippen LogP contribution >= 0.6 is 0 Å². The molecule has 0 bridgehead atoms. The molecule has 0 saturated heterocycles. The van der Waals surface area contributed by atoms with Gasteiger partial charge in [-0.15, -0.1) is 0 Å². The molecule has 86 valence electrons. The number of nitrogens with two attached hydrogens (primary N) is 1. The van der Waals surface area contributed by atoms with Crippen molar-refractivity contribution in [2.75, 3.05) is 0 Å². The van der Waals surface area contributed by atoms with Crippen molar-refractivity contribution in [3.63, 3.8) is 0 Å². The Labute approximate surface area is 89.0 Å². The van der Waals surface area contributed by atoms with E-state index in [2.05, 4.69) is 5.32 Å². The minimum Gasteiger partial charge on any atom is -0.481 e. The third-order valence-corrected chi connectivity index (χ3v) is 2.69. The van der Waals surface area contributed by atoms with Gasteiger partial charge in [-0.05, 0) is 19.8 Å². The van der Waals surface area contributed by atoms with Crippen LogP contribution in [0, 0.1) is 5.92 Å². The second-order valence-electron chi connectivity index (χ2n) is 4.23. The van der Waals surface area contributed by atoms with Gasteiger partial charge in [-0.25, -0.2) is 0 Å². The van der Waals surface area contributed by atoms with Crippen molar-refractivity contribution in [1.29, 1.82) is 0 Å². The molecule has 15 heavy (non-hydrogen) atoms. The molecular weight excluding hydrogens is 196 g/mol. The topological polar surface area (TPSA) is 92.4 Å². The second kappa shape index (κ2) is 5.11. The van der Waals surface area contributed by atoms with Crippen LogP contribution in [0.15, 0.2) is 0 Å². The van der Waals surface area contributed by atoms with Gasteiger partial charge in [0.15, 0.2) is 0 Å². The molecule has 1 aliphatic carbocycles. The zero-order valence-electron chi connectivity index (χ0n) is 8.90. The van der Waals surface area contributed by atoms with Gasteiger partial charge in [-0.3, -0.25) is 9.59 Å². The van der Waals surface area contributed by atoms with Crippen molar-refractivity contribution in [3.8, 4) is 0 Å². The maximum Gasteiger partial charge on any atom is 0.308 e. The highest BCUT2D eigenvalue weighted by molar-refractivity contribution is 5.78. The summed E-state index contributed by atoms with van der Waals surface area (Å²) in [4.78, 5) is 22.2. The first-order chi connectivity index (χ1) is 7.00. The number of nitrogens with one attached hydrogen (secondary N) is 1. The number of aliphatic carboxylic acids is 1. The molecule has 3 atom stereocenters. The molecule has 0 aromatic rings. The molecule has 0 radical (unpaired) electrons. The lowest BCUT2D eigenvalue weighted by Crippen LogP contribution is -2.41. The van der Waals surface area contributed by atoms with Crippen LogP contribution in [-0.2, 0) is 9.59 Å². The number of amides is 1. The Kier molecular flexibility index (Phi) is 4.08. The monoisotopic (exact) mass is 214 g/mol. The van der Waals surface area contributed by atoms with E-state index < -0.39 is 11.9 Å². The molecule has 1 rings (SSSR count). The van der Waals surface area contributed by atoms with Crippen molar-refractivity contribution in [2.24, 2.45) is 11.7 Å². The number of rotatable bonds is 4. The van der Waals surface area contributed by atoms with Gasteiger partial charge >= 0.3 is 5.97 Å². The lowest BCUT2D eigenvalue weighted by molar-refractivity contribution is -0.142. The van der Waals surface area contributed by atoms with E-state index in [1.54, 1.807) is 6.92 Å². The van der Waals surface area contributed by atoms with Gasteiger partial charge in [0.05, 0.1) is 5.92 Å². The number of carboxylic acid groups (broad SMARTS) is 1. The third-order valence-electron chi connectivity index (χ3n) is 2.69. The minimum absolute atomic E-state index is 0.150. The zero-order valence-corrected chi connectivity index (χ0v) is 8.90. The summed E-state index contributed by atoms with van der Waals surface area (Å²) in [6.45, 7) is 1.75. The number of hydrogen-bond acceptors (Lipinski definition) is 3. The molecule has 0 aliphatic heterocycles. The van der Waals surface area contributed by atoms with Gasteiger partial charge in [0, 0.05) is 18.5 Å². The fourth-order valence-corrected chi connectivity index (χ4v) is 1.99. The lowest BCUT2D eigenvalue weighted by Gasteiger charge is -2.18. The van der Waals surface area contributed by atoms with Crippen LogP contribution in [0.25, 0.3) is 0 Å². The van der Waals surface area contributed by atoms with Gasteiger partial charge in [-0.1, -0.05) is 6.42 Å². The summed E-state index contributed by atoms with van der Waals surface area (Å²) in [5.41, 5.74) is 5.48. The summed E-state index contributed by atoms with van der Waals surface area (Å²) in [5, 5.41) is 11.6. The second-order valence-corrected chi connectivity index (χ2v) is 4.23. The quantitative estimate of drug-likeness (QED) is 0.618. The molecule has 3 unspecified atom stereocenters. The minimum atomic E-state index is -0.821. The molecule has 0 aromatic heterocycles. The van der Waals surface area contributed by atoms with E-state index in [0.29, 0.717) is 6.42 Å². The fraction of sp³-hybridized carbons (Fsp3) is 0.800. The van der Waals surface area contributed by atoms with E-state index in [-0.39, 0.29) is 24.4 Å². The highest BCUT2D eigenvalue weighted by Crippen LogP contribution is 2.25. The zero-order chi connectivity index (χ0) is 11.4. The molecular formula is C10H18N2O3. The van der Waals surface area contributed by atoms with E-state index in [1.165, 1.54) is 0 Å². The van der Waals surface area contributed by atoms with Crippen molar-refractivity contribution in [1.82, 2.24) is 5.32 Å². The molecule has 0 heterocycles. The lowest BCUT2D eigenvalue weighted by atomic mass is 10.0. The number of carboxylic acids is 1. The average Bonchev–Trinajstić information content (AvgIpc) is 2.50. The molecule has 0 spiro atoms. The standard InChI is InChI=1S/C10H18N2O3/c1-6(11)5-9(13)12-8-4-2-3-7(8)10(14)15/h6-8H,2-5,11H2,1H3,(H,12,13)(H,14,15). The Bertz CT molecular complexity index is 253. The van der Waals surface area contributed by atoms with E-state index in [4.69, 9.17) is 10.8 Å². The highest BCUT2D eigenvalue weighted by atomic mass is 16.4. The Balaban J connectivity index is 2.43. The smallest absolute Gasteiger partial charge is 0.308 e. The van der Waals surface area contributed by atoms with E-state index in [9.17, 15) is 9.59 Å². The van der Waals surface area contributed by atoms with Crippen molar-refractivity contribution >= 4 is 11.9 Å². The number of carbonyl (C=O) groups excluding carboxylic acids is 1. The van der Waals surface area contributed by atoms with Crippen LogP contribution in [0.2, 0.25) is 0 Å². The highest BCUT2D eigenvalue weighted by Gasteiger charge is 2.33. The first-order valence-corrected chi connectivity index (χ1v) is 5.28. The van der Waals surface area contributed by atoms with Crippen LogP contribution in [0.5, 0.6) is 0 Å². The summed E-state index contributed by atoms with van der Waals surface area (Å²) in [6.07, 6.45) is 2.52. The Morgan fingerprint density at radius 2 is 2.20 bits per heavy atom. The van der Waals surface area contributed by atoms with Crippen LogP contribution in [0.1, 0.15) is 32.6 Å². The average molecular weight is 214 g/mol. The predicted octanol–water partition coefficient (Wildman–Crippen LogP) is 0.0932. The van der Waals surface area contributed by atoms with Crippen LogP contribution in [-0.4, -0.2) is 29.1 Å². The van der Waals surface area contributed by atoms with Gasteiger partial charge < -0.3 is 16.2 Å². The summed E-state index contributed by atoms with van der Waals surface area (Å²) >= 11 is 0. The van der Waals surface area contributed by atoms with Crippen LogP contribution < -0.4 is 11.1 Å². The molecule has 4 N–H and O–H groups in total. The van der Waals surface area contributed by atoms with Gasteiger partial charge in [0.25, 0.3) is 0 Å². The van der Waals surface area contributed by atoms with Crippen molar-refractivity contribution in [3.05, 3.63) is 0 Å². The van der Waals surface area contributed by atoms with Gasteiger partial charge in [0.1, 0.15) is 0 Å². The maximum atomic E-state index is 11.4. The summed E-state index contributed by atoms with van der Waals surface area (Å²) in [6, 6.07) is -0.400. The molecule has 1 saturated carbocycles. The normalized spacial score (nSPS) is 27.3. The predicted molar refractivity (Wildman–Crippen MR) is 55.2 cm³/mol. The Morgan fingerprint density at radius 1 is 1.53 bits per heavy atom. The van der Waals surface area contributed by atoms with E-state index in [0.717, 1.165) is 12.8 Å². The van der Waals surface area contributed by atoms with Gasteiger partial charge in [-0.2, -0.15) is 0 Å². The summed E-state index contributed by atoms with van der Waals surface area (Å²) in [7, 11) is 0. The van der Waals surface area contributed by atoms with Crippen LogP contribution in [0.4, 0.5) is 0 Å². The Hall–Kier alpha value is -1.10. The summed E-state index contributed by atoms with van der Waals surface area (Å²) < 4.78 is 0.